The van der Waals surface area contributed by atoms with Gasteiger partial charge in [-0.15, -0.1) is 0 Å². The molecule has 2 aromatic carbocycles. The summed E-state index contributed by atoms with van der Waals surface area (Å²) in [6, 6.07) is 21.4. The molecule has 1 aliphatic carbocycles. The highest BCUT2D eigenvalue weighted by Crippen LogP contribution is 2.26. The Morgan fingerprint density at radius 3 is 2.33 bits per heavy atom. The van der Waals surface area contributed by atoms with Gasteiger partial charge in [0.2, 0.25) is 0 Å². The lowest BCUT2D eigenvalue weighted by Gasteiger charge is -2.34. The number of aryl methyl sites for hydroxylation is 1. The molecular weight excluding hydrogens is 446 g/mol. The predicted octanol–water partition coefficient (Wildman–Crippen LogP) is 7.74. The maximum atomic E-state index is 6.38. The molecule has 0 radical (unpaired) electrons. The third-order valence-electron chi connectivity index (χ3n) is 6.65. The smallest absolute Gasteiger partial charge is 0.174 e. The van der Waals surface area contributed by atoms with Crippen LogP contribution in [0.15, 0.2) is 60.7 Å². The topological polar surface area (TPSA) is 31.1 Å². The summed E-state index contributed by atoms with van der Waals surface area (Å²) in [7, 11) is 0. The van der Waals surface area contributed by atoms with Gasteiger partial charge < -0.3 is 15.2 Å². The summed E-state index contributed by atoms with van der Waals surface area (Å²) in [4.78, 5) is 6.04. The number of nitrogens with one attached hydrogen (secondary N) is 2. The summed E-state index contributed by atoms with van der Waals surface area (Å²) in [6.07, 6.45) is 9.39. The molecule has 33 heavy (non-hydrogen) atoms. The van der Waals surface area contributed by atoms with Crippen LogP contribution in [0.2, 0.25) is 5.02 Å². The lowest BCUT2D eigenvalue weighted by atomic mass is 10.1. The van der Waals surface area contributed by atoms with Gasteiger partial charge in [-0.3, -0.25) is 0 Å². The number of aromatic nitrogens is 1. The fourth-order valence-electron chi connectivity index (χ4n) is 4.79. The van der Waals surface area contributed by atoms with Crippen molar-refractivity contribution >= 4 is 34.6 Å². The fraction of sp³-hybridized carbons (Fsp3) is 0.393. The van der Waals surface area contributed by atoms with E-state index in [0.717, 1.165) is 40.8 Å². The first kappa shape index (κ1) is 23.8. The minimum absolute atomic E-state index is 0.469. The molecule has 0 saturated heterocycles. The van der Waals surface area contributed by atoms with Gasteiger partial charge in [0.1, 0.15) is 0 Å². The molecule has 2 N–H and O–H groups in total. The predicted molar refractivity (Wildman–Crippen MR) is 144 cm³/mol. The number of rotatable bonds is 7. The maximum absolute atomic E-state index is 6.38. The van der Waals surface area contributed by atoms with Gasteiger partial charge in [-0.1, -0.05) is 80.6 Å². The highest BCUT2D eigenvalue weighted by Gasteiger charge is 2.23. The van der Waals surface area contributed by atoms with Gasteiger partial charge in [0.05, 0.1) is 6.54 Å². The number of thiocarbonyl (C=S) groups is 1. The molecule has 1 aromatic heterocycles. The monoisotopic (exact) mass is 479 g/mol. The molecule has 1 aliphatic rings. The second-order valence-corrected chi connectivity index (χ2v) is 9.79. The molecule has 0 spiro atoms. The third kappa shape index (κ3) is 6.39. The second-order valence-electron chi connectivity index (χ2n) is 8.99. The van der Waals surface area contributed by atoms with E-state index in [4.69, 9.17) is 23.8 Å². The summed E-state index contributed by atoms with van der Waals surface area (Å²) in [5.74, 6) is 0. The Bertz CT molecular complexity index is 1050. The van der Waals surface area contributed by atoms with E-state index in [0.29, 0.717) is 6.04 Å². The van der Waals surface area contributed by atoms with Crippen molar-refractivity contribution in [2.75, 3.05) is 5.32 Å². The molecule has 4 rings (SSSR count). The minimum atomic E-state index is 0.469. The van der Waals surface area contributed by atoms with Gasteiger partial charge in [-0.2, -0.15) is 0 Å². The molecule has 174 valence electrons. The van der Waals surface area contributed by atoms with Crippen LogP contribution in [0, 0.1) is 0 Å². The van der Waals surface area contributed by atoms with E-state index in [1.165, 1.54) is 55.5 Å². The molecule has 0 aliphatic heterocycles. The van der Waals surface area contributed by atoms with E-state index >= 15 is 0 Å². The van der Waals surface area contributed by atoms with Gasteiger partial charge in [0.25, 0.3) is 0 Å². The standard InChI is InChI=1S/C28H34ClN3S/c1-2-21-11-8-10-16-27(21)31-28(33)32(25-13-5-3-4-6-14-25)20-24-18-17-23(30-24)19-22-12-7-9-15-26(22)29/h7-12,15-18,25,30H,2-6,13-14,19-20H2,1H3,(H,31,33). The van der Waals surface area contributed by atoms with Gasteiger partial charge in [0, 0.05) is 34.6 Å². The molecule has 3 nitrogen and oxygen atoms in total. The number of H-pyrrole nitrogens is 1. The van der Waals surface area contributed by atoms with E-state index in [1.807, 2.05) is 18.2 Å². The molecule has 5 heteroatoms. The number of anilines is 1. The van der Waals surface area contributed by atoms with Gasteiger partial charge in [-0.25, -0.2) is 0 Å². The molecule has 0 bridgehead atoms. The first-order valence-corrected chi connectivity index (χ1v) is 13.0. The van der Waals surface area contributed by atoms with Crippen molar-refractivity contribution in [3.05, 3.63) is 88.2 Å². The van der Waals surface area contributed by atoms with Crippen LogP contribution in [0.5, 0.6) is 0 Å². The average molecular weight is 480 g/mol. The highest BCUT2D eigenvalue weighted by molar-refractivity contribution is 7.80. The highest BCUT2D eigenvalue weighted by atomic mass is 35.5. The van der Waals surface area contributed by atoms with Crippen molar-refractivity contribution in [1.29, 1.82) is 0 Å². The molecule has 0 amide bonds. The maximum Gasteiger partial charge on any atom is 0.174 e. The van der Waals surface area contributed by atoms with Crippen molar-refractivity contribution in [1.82, 2.24) is 9.88 Å². The molecule has 1 fully saturated rings. The normalized spacial score (nSPS) is 14.6. The van der Waals surface area contributed by atoms with E-state index in [-0.39, 0.29) is 0 Å². The molecule has 1 saturated carbocycles. The number of benzene rings is 2. The number of nitrogens with zero attached hydrogens (tertiary/aromatic N) is 1. The lowest BCUT2D eigenvalue weighted by molar-refractivity contribution is 0.278. The quantitative estimate of drug-likeness (QED) is 0.268. The summed E-state index contributed by atoms with van der Waals surface area (Å²) in [5, 5.41) is 5.22. The van der Waals surface area contributed by atoms with Crippen molar-refractivity contribution in [3.8, 4) is 0 Å². The zero-order valence-electron chi connectivity index (χ0n) is 19.4. The van der Waals surface area contributed by atoms with Crippen LogP contribution in [0.4, 0.5) is 5.69 Å². The van der Waals surface area contributed by atoms with Crippen LogP contribution in [-0.2, 0) is 19.4 Å². The average Bonchev–Trinajstić information content (AvgIpc) is 3.09. The van der Waals surface area contributed by atoms with Gasteiger partial charge in [0.15, 0.2) is 5.11 Å². The Morgan fingerprint density at radius 2 is 1.61 bits per heavy atom. The minimum Gasteiger partial charge on any atom is -0.361 e. The summed E-state index contributed by atoms with van der Waals surface area (Å²) >= 11 is 12.4. The zero-order valence-corrected chi connectivity index (χ0v) is 21.0. The number of hydrogen-bond donors (Lipinski definition) is 2. The Balaban J connectivity index is 1.52. The van der Waals surface area contributed by atoms with Gasteiger partial charge in [-0.05, 0) is 66.9 Å². The van der Waals surface area contributed by atoms with E-state index in [2.05, 4.69) is 64.6 Å². The second kappa shape index (κ2) is 11.7. The number of halogens is 1. The molecule has 3 aromatic rings. The van der Waals surface area contributed by atoms with Crippen LogP contribution in [0.25, 0.3) is 0 Å². The van der Waals surface area contributed by atoms with Crippen LogP contribution < -0.4 is 5.32 Å². The first-order valence-electron chi connectivity index (χ1n) is 12.2. The van der Waals surface area contributed by atoms with Crippen LogP contribution in [0.3, 0.4) is 0 Å². The first-order chi connectivity index (χ1) is 16.1. The number of aromatic amines is 1. The van der Waals surface area contributed by atoms with Gasteiger partial charge >= 0.3 is 0 Å². The van der Waals surface area contributed by atoms with E-state index in [1.54, 1.807) is 0 Å². The third-order valence-corrected chi connectivity index (χ3v) is 7.36. The lowest BCUT2D eigenvalue weighted by Crippen LogP contribution is -2.42. The van der Waals surface area contributed by atoms with Crippen LogP contribution >= 0.6 is 23.8 Å². The number of para-hydroxylation sites is 1. The fourth-order valence-corrected chi connectivity index (χ4v) is 5.32. The summed E-state index contributed by atoms with van der Waals surface area (Å²) in [5.41, 5.74) is 5.92. The van der Waals surface area contributed by atoms with Crippen LogP contribution in [-0.4, -0.2) is 21.0 Å². The van der Waals surface area contributed by atoms with E-state index < -0.39 is 0 Å². The van der Waals surface area contributed by atoms with E-state index in [9.17, 15) is 0 Å². The Hall–Kier alpha value is -2.30. The molecule has 0 unspecified atom stereocenters. The number of hydrogen-bond acceptors (Lipinski definition) is 1. The molecule has 1 heterocycles. The summed E-state index contributed by atoms with van der Waals surface area (Å²) < 4.78 is 0. The Labute approximate surface area is 208 Å². The Morgan fingerprint density at radius 1 is 0.939 bits per heavy atom. The van der Waals surface area contributed by atoms with Crippen molar-refractivity contribution in [2.24, 2.45) is 0 Å². The van der Waals surface area contributed by atoms with Crippen molar-refractivity contribution in [3.63, 3.8) is 0 Å². The summed E-state index contributed by atoms with van der Waals surface area (Å²) in [6.45, 7) is 2.97. The Kier molecular flexibility index (Phi) is 8.46. The molecule has 0 atom stereocenters. The zero-order chi connectivity index (χ0) is 23.0. The van der Waals surface area contributed by atoms with Crippen molar-refractivity contribution < 1.29 is 0 Å². The molecular formula is C28H34ClN3S. The largest absolute Gasteiger partial charge is 0.361 e. The van der Waals surface area contributed by atoms with Crippen LogP contribution in [0.1, 0.15) is 68.0 Å². The SMILES string of the molecule is CCc1ccccc1NC(=S)N(Cc1ccc(Cc2ccccc2Cl)[nH]1)C1CCCCCC1. The van der Waals surface area contributed by atoms with Crippen molar-refractivity contribution in [2.45, 2.75) is 70.9 Å².